The molecule has 7 heteroatoms. The van der Waals surface area contributed by atoms with Gasteiger partial charge in [-0.25, -0.2) is 9.18 Å². The number of carbonyl (C=O) groups is 1. The van der Waals surface area contributed by atoms with E-state index < -0.39 is 11.8 Å². The van der Waals surface area contributed by atoms with E-state index in [1.807, 2.05) is 24.3 Å². The van der Waals surface area contributed by atoms with Gasteiger partial charge in [0.25, 0.3) is 0 Å². The highest BCUT2D eigenvalue weighted by molar-refractivity contribution is 7.97. The minimum absolute atomic E-state index is 0.0465. The number of furan rings is 1. The zero-order chi connectivity index (χ0) is 20.0. The van der Waals surface area contributed by atoms with Crippen molar-refractivity contribution in [2.24, 2.45) is 5.14 Å². The van der Waals surface area contributed by atoms with Crippen molar-refractivity contribution in [3.8, 4) is 5.75 Å². The maximum absolute atomic E-state index is 14.5. The highest BCUT2D eigenvalue weighted by atomic mass is 32.2. The molecular formula is C22H17FN2O3S. The van der Waals surface area contributed by atoms with Crippen molar-refractivity contribution >= 4 is 45.3 Å². The molecule has 5 nitrogen and oxygen atoms in total. The number of ether oxygens (including phenoxy) is 1. The van der Waals surface area contributed by atoms with Crippen molar-refractivity contribution in [3.63, 3.8) is 0 Å². The van der Waals surface area contributed by atoms with E-state index in [1.54, 1.807) is 18.2 Å². The Balaban J connectivity index is 1.47. The summed E-state index contributed by atoms with van der Waals surface area (Å²) in [6.45, 7) is 1.79. The molecule has 1 aromatic heterocycles. The first kappa shape index (κ1) is 18.0. The number of anilines is 1. The lowest BCUT2D eigenvalue weighted by molar-refractivity contribution is 0.0704. The zero-order valence-corrected chi connectivity index (χ0v) is 16.2. The summed E-state index contributed by atoms with van der Waals surface area (Å²) in [5.74, 6) is -0.798. The van der Waals surface area contributed by atoms with Crippen LogP contribution in [0.15, 0.2) is 63.9 Å². The van der Waals surface area contributed by atoms with Crippen molar-refractivity contribution in [1.82, 2.24) is 0 Å². The summed E-state index contributed by atoms with van der Waals surface area (Å²) in [6.07, 6.45) is 1.09. The maximum Gasteiger partial charge on any atom is 0.379 e. The lowest BCUT2D eigenvalue weighted by atomic mass is 10.1. The van der Waals surface area contributed by atoms with Crippen LogP contribution in [0.3, 0.4) is 0 Å². The Morgan fingerprint density at radius 2 is 1.93 bits per heavy atom. The minimum atomic E-state index is -0.686. The van der Waals surface area contributed by atoms with Gasteiger partial charge < -0.3 is 14.1 Å². The molecule has 0 unspecified atom stereocenters. The topological polar surface area (TPSA) is 68.7 Å². The maximum atomic E-state index is 14.5. The first-order valence-electron chi connectivity index (χ1n) is 9.22. The molecule has 146 valence electrons. The normalized spacial score (nSPS) is 13.7. The summed E-state index contributed by atoms with van der Waals surface area (Å²) in [4.78, 5) is 15.5. The van der Waals surface area contributed by atoms with Crippen molar-refractivity contribution in [2.45, 2.75) is 11.3 Å². The predicted octanol–water partition coefficient (Wildman–Crippen LogP) is 5.12. The summed E-state index contributed by atoms with van der Waals surface area (Å²) >= 11 is 1.08. The number of hydrogen-bond donors (Lipinski definition) is 1. The molecule has 0 bridgehead atoms. The molecule has 0 spiro atoms. The molecule has 0 aliphatic carbocycles. The number of rotatable bonds is 4. The Hall–Kier alpha value is -3.03. The van der Waals surface area contributed by atoms with Crippen LogP contribution in [0.25, 0.3) is 21.7 Å². The van der Waals surface area contributed by atoms with E-state index >= 15 is 0 Å². The van der Waals surface area contributed by atoms with Gasteiger partial charge in [-0.15, -0.1) is 0 Å². The third kappa shape index (κ3) is 3.22. The van der Waals surface area contributed by atoms with Crippen LogP contribution in [-0.4, -0.2) is 19.1 Å². The Bertz CT molecular complexity index is 1250. The average molecular weight is 408 g/mol. The van der Waals surface area contributed by atoms with E-state index in [1.165, 1.54) is 12.1 Å². The van der Waals surface area contributed by atoms with Crippen molar-refractivity contribution in [1.29, 1.82) is 0 Å². The summed E-state index contributed by atoms with van der Waals surface area (Å²) in [6, 6.07) is 15.8. The zero-order valence-electron chi connectivity index (χ0n) is 15.4. The number of carbonyl (C=O) groups excluding carboxylic acids is 1. The molecule has 1 fully saturated rings. The number of nitrogens with zero attached hydrogens (tertiary/aromatic N) is 1. The quantitative estimate of drug-likeness (QED) is 0.287. The lowest BCUT2D eigenvalue weighted by Gasteiger charge is -2.33. The lowest BCUT2D eigenvalue weighted by Crippen LogP contribution is -2.36. The van der Waals surface area contributed by atoms with Gasteiger partial charge in [0.15, 0.2) is 0 Å². The highest BCUT2D eigenvalue weighted by Gasteiger charge is 2.21. The second kappa shape index (κ2) is 7.09. The summed E-state index contributed by atoms with van der Waals surface area (Å²) in [5, 5.41) is 7.90. The van der Waals surface area contributed by atoms with Crippen molar-refractivity contribution in [2.75, 3.05) is 18.0 Å². The van der Waals surface area contributed by atoms with Crippen LogP contribution in [0.5, 0.6) is 5.75 Å². The fourth-order valence-electron chi connectivity index (χ4n) is 3.50. The van der Waals surface area contributed by atoms with Gasteiger partial charge in [0.05, 0.1) is 5.39 Å². The van der Waals surface area contributed by atoms with Gasteiger partial charge >= 0.3 is 5.97 Å². The number of nitrogens with two attached hydrogens (primary N) is 1. The van der Waals surface area contributed by atoms with Crippen molar-refractivity contribution in [3.05, 3.63) is 66.2 Å². The molecular weight excluding hydrogens is 391 g/mol. The fourth-order valence-corrected chi connectivity index (χ4v) is 4.00. The molecule has 1 saturated heterocycles. The molecule has 1 aliphatic rings. The molecule has 3 aromatic carbocycles. The van der Waals surface area contributed by atoms with Crippen LogP contribution in [0, 0.1) is 5.82 Å². The number of fused-ring (bicyclic) bond motifs is 2. The average Bonchev–Trinajstić information content (AvgIpc) is 3.11. The van der Waals surface area contributed by atoms with Gasteiger partial charge in [-0.05, 0) is 47.3 Å². The predicted molar refractivity (Wildman–Crippen MR) is 112 cm³/mol. The molecule has 0 atom stereocenters. The third-order valence-electron chi connectivity index (χ3n) is 5.13. The Kier molecular flexibility index (Phi) is 4.41. The van der Waals surface area contributed by atoms with Crippen LogP contribution in [0.2, 0.25) is 0 Å². The van der Waals surface area contributed by atoms with Crippen LogP contribution in [0.1, 0.15) is 17.0 Å². The Morgan fingerprint density at radius 1 is 1.10 bits per heavy atom. The fraction of sp³-hybridized carbons (Fsp3) is 0.136. The molecule has 0 amide bonds. The van der Waals surface area contributed by atoms with E-state index in [4.69, 9.17) is 14.3 Å². The van der Waals surface area contributed by atoms with Crippen LogP contribution >= 0.6 is 11.9 Å². The first-order valence-corrected chi connectivity index (χ1v) is 10.1. The van der Waals surface area contributed by atoms with E-state index in [0.29, 0.717) is 11.3 Å². The van der Waals surface area contributed by atoms with Gasteiger partial charge in [0.1, 0.15) is 17.1 Å². The highest BCUT2D eigenvalue weighted by Crippen LogP contribution is 2.32. The molecule has 2 heterocycles. The van der Waals surface area contributed by atoms with Gasteiger partial charge in [-0.3, -0.25) is 5.14 Å². The van der Waals surface area contributed by atoms with Crippen LogP contribution in [-0.2, 0) is 0 Å². The van der Waals surface area contributed by atoms with E-state index in [9.17, 15) is 9.18 Å². The molecule has 5 rings (SSSR count). The number of benzene rings is 3. The SMILES string of the molecule is NSc1cc(OC(=O)c2cc3c(F)cc(N4CCC4)cc3o2)cc2ccccc12. The van der Waals surface area contributed by atoms with Crippen LogP contribution in [0.4, 0.5) is 10.1 Å². The molecule has 1 aliphatic heterocycles. The molecule has 0 radical (unpaired) electrons. The molecule has 29 heavy (non-hydrogen) atoms. The Morgan fingerprint density at radius 3 is 2.69 bits per heavy atom. The van der Waals surface area contributed by atoms with Crippen LogP contribution < -0.4 is 14.8 Å². The second-order valence-corrected chi connectivity index (χ2v) is 7.62. The second-order valence-electron chi connectivity index (χ2n) is 6.94. The summed E-state index contributed by atoms with van der Waals surface area (Å²) < 4.78 is 25.6. The van der Waals surface area contributed by atoms with Gasteiger partial charge in [0, 0.05) is 35.8 Å². The minimum Gasteiger partial charge on any atom is -0.449 e. The summed E-state index contributed by atoms with van der Waals surface area (Å²) in [5.41, 5.74) is 1.09. The van der Waals surface area contributed by atoms with E-state index in [-0.39, 0.29) is 11.1 Å². The van der Waals surface area contributed by atoms with E-state index in [0.717, 1.165) is 52.8 Å². The number of halogens is 1. The van der Waals surface area contributed by atoms with Gasteiger partial charge in [-0.1, -0.05) is 24.3 Å². The standard InChI is InChI=1S/C22H17FN2O3S/c23-18-9-14(25-6-3-7-25)10-19-17(18)12-20(28-19)22(26)27-15-8-13-4-1-2-5-16(13)21(11-15)29-24/h1-2,4-5,8-12H,3,6-7,24H2. The molecule has 2 N–H and O–H groups in total. The van der Waals surface area contributed by atoms with Crippen molar-refractivity contribution < 1.29 is 18.3 Å². The van der Waals surface area contributed by atoms with E-state index in [2.05, 4.69) is 4.90 Å². The molecule has 4 aromatic rings. The smallest absolute Gasteiger partial charge is 0.379 e. The van der Waals surface area contributed by atoms with Gasteiger partial charge in [-0.2, -0.15) is 0 Å². The largest absolute Gasteiger partial charge is 0.449 e. The first-order chi connectivity index (χ1) is 14.1. The third-order valence-corrected chi connectivity index (χ3v) is 5.72. The molecule has 0 saturated carbocycles. The summed E-state index contributed by atoms with van der Waals surface area (Å²) in [7, 11) is 0. The number of esters is 1. The number of hydrogen-bond acceptors (Lipinski definition) is 6. The Labute approximate surface area is 170 Å². The van der Waals surface area contributed by atoms with Gasteiger partial charge in [0.2, 0.25) is 5.76 Å². The monoisotopic (exact) mass is 408 g/mol.